The molecule has 0 amide bonds. The van der Waals surface area contributed by atoms with Gasteiger partial charge in [-0.15, -0.1) is 0 Å². The third-order valence-electron chi connectivity index (χ3n) is 3.18. The van der Waals surface area contributed by atoms with Crippen molar-refractivity contribution >= 4 is 5.96 Å². The molecule has 0 aromatic heterocycles. The van der Waals surface area contributed by atoms with E-state index in [0.29, 0.717) is 13.2 Å². The smallest absolute Gasteiger partial charge is 0.191 e. The molecule has 0 aliphatic rings. The number of aliphatic imine (C=N–C) groups is 1. The minimum absolute atomic E-state index is 0.645. The highest BCUT2D eigenvalue weighted by Crippen LogP contribution is 1.88. The second kappa shape index (κ2) is 17.5. The van der Waals surface area contributed by atoms with Crippen molar-refractivity contribution in [2.75, 3.05) is 80.4 Å². The van der Waals surface area contributed by atoms with Crippen molar-refractivity contribution in [3.63, 3.8) is 0 Å². The van der Waals surface area contributed by atoms with Crippen LogP contribution >= 0.6 is 0 Å². The molecule has 0 radical (unpaired) electrons. The zero-order valence-electron chi connectivity index (χ0n) is 15.4. The molecule has 138 valence electrons. The van der Waals surface area contributed by atoms with Gasteiger partial charge in [0, 0.05) is 47.0 Å². The molecule has 0 bridgehead atoms. The van der Waals surface area contributed by atoms with Gasteiger partial charge in [0.15, 0.2) is 5.96 Å². The van der Waals surface area contributed by atoms with Gasteiger partial charge in [0.2, 0.25) is 0 Å². The van der Waals surface area contributed by atoms with Crippen molar-refractivity contribution in [3.05, 3.63) is 0 Å². The Balaban J connectivity index is 3.73. The number of nitrogens with one attached hydrogen (secondary N) is 2. The van der Waals surface area contributed by atoms with Crippen LogP contribution in [-0.2, 0) is 14.2 Å². The molecule has 0 aromatic carbocycles. The highest BCUT2D eigenvalue weighted by Gasteiger charge is 1.99. The van der Waals surface area contributed by atoms with Crippen LogP contribution in [0.2, 0.25) is 0 Å². The SMILES string of the molecule is CCNC(=NCCCOCCOC)NCCCN(C)CCOC. The van der Waals surface area contributed by atoms with Gasteiger partial charge in [-0.3, -0.25) is 4.99 Å². The molecule has 7 heteroatoms. The van der Waals surface area contributed by atoms with E-state index >= 15 is 0 Å². The topological polar surface area (TPSA) is 67.4 Å². The number of likely N-dealkylation sites (N-methyl/N-ethyl adjacent to an activating group) is 1. The Morgan fingerprint density at radius 2 is 1.74 bits per heavy atom. The van der Waals surface area contributed by atoms with E-state index in [4.69, 9.17) is 14.2 Å². The van der Waals surface area contributed by atoms with Gasteiger partial charge in [-0.25, -0.2) is 0 Å². The van der Waals surface area contributed by atoms with Gasteiger partial charge < -0.3 is 29.7 Å². The molecule has 0 aliphatic heterocycles. The van der Waals surface area contributed by atoms with Crippen LogP contribution in [0.5, 0.6) is 0 Å². The fraction of sp³-hybridized carbons (Fsp3) is 0.938. The summed E-state index contributed by atoms with van der Waals surface area (Å²) in [5.41, 5.74) is 0. The summed E-state index contributed by atoms with van der Waals surface area (Å²) < 4.78 is 15.4. The maximum atomic E-state index is 5.42. The summed E-state index contributed by atoms with van der Waals surface area (Å²) in [5, 5.41) is 6.62. The Bertz CT molecular complexity index is 278. The largest absolute Gasteiger partial charge is 0.383 e. The first-order valence-corrected chi connectivity index (χ1v) is 8.50. The maximum Gasteiger partial charge on any atom is 0.191 e. The molecule has 0 aromatic rings. The predicted octanol–water partition coefficient (Wildman–Crippen LogP) is 0.563. The van der Waals surface area contributed by atoms with Gasteiger partial charge in [0.25, 0.3) is 0 Å². The zero-order valence-corrected chi connectivity index (χ0v) is 15.4. The van der Waals surface area contributed by atoms with Crippen LogP contribution in [-0.4, -0.2) is 91.3 Å². The normalized spacial score (nSPS) is 12.0. The number of nitrogens with zero attached hydrogens (tertiary/aromatic N) is 2. The molecular weight excluding hydrogens is 296 g/mol. The Morgan fingerprint density at radius 1 is 0.957 bits per heavy atom. The number of rotatable bonds is 15. The van der Waals surface area contributed by atoms with Crippen LogP contribution in [0.4, 0.5) is 0 Å². The van der Waals surface area contributed by atoms with Crippen molar-refractivity contribution in [2.45, 2.75) is 19.8 Å². The van der Waals surface area contributed by atoms with Crippen molar-refractivity contribution < 1.29 is 14.2 Å². The molecule has 0 saturated carbocycles. The summed E-state index contributed by atoms with van der Waals surface area (Å²) in [4.78, 5) is 6.82. The highest BCUT2D eigenvalue weighted by atomic mass is 16.5. The minimum Gasteiger partial charge on any atom is -0.383 e. The second-order valence-corrected chi connectivity index (χ2v) is 5.30. The van der Waals surface area contributed by atoms with Crippen molar-refractivity contribution in [3.8, 4) is 0 Å². The monoisotopic (exact) mass is 332 g/mol. The van der Waals surface area contributed by atoms with Gasteiger partial charge in [-0.05, 0) is 33.4 Å². The van der Waals surface area contributed by atoms with Crippen LogP contribution in [0, 0.1) is 0 Å². The number of guanidine groups is 1. The van der Waals surface area contributed by atoms with Crippen LogP contribution in [0.15, 0.2) is 4.99 Å². The van der Waals surface area contributed by atoms with E-state index < -0.39 is 0 Å². The summed E-state index contributed by atoms with van der Waals surface area (Å²) in [6.07, 6.45) is 1.99. The average Bonchev–Trinajstić information content (AvgIpc) is 2.55. The first-order valence-electron chi connectivity index (χ1n) is 8.50. The molecular formula is C16H36N4O3. The van der Waals surface area contributed by atoms with Crippen LogP contribution in [0.1, 0.15) is 19.8 Å². The van der Waals surface area contributed by atoms with E-state index in [9.17, 15) is 0 Å². The molecule has 0 atom stereocenters. The van der Waals surface area contributed by atoms with Gasteiger partial charge in [0.05, 0.1) is 19.8 Å². The first-order chi connectivity index (χ1) is 11.2. The lowest BCUT2D eigenvalue weighted by atomic mass is 10.4. The summed E-state index contributed by atoms with van der Waals surface area (Å²) in [5.74, 6) is 0.879. The van der Waals surface area contributed by atoms with E-state index in [1.54, 1.807) is 14.2 Å². The number of hydrogen-bond donors (Lipinski definition) is 2. The third kappa shape index (κ3) is 15.8. The van der Waals surface area contributed by atoms with Crippen molar-refractivity contribution in [2.24, 2.45) is 4.99 Å². The van der Waals surface area contributed by atoms with Crippen LogP contribution in [0.25, 0.3) is 0 Å². The van der Waals surface area contributed by atoms with Gasteiger partial charge in [-0.2, -0.15) is 0 Å². The van der Waals surface area contributed by atoms with E-state index in [0.717, 1.165) is 64.7 Å². The Kier molecular flexibility index (Phi) is 16.8. The van der Waals surface area contributed by atoms with E-state index in [1.165, 1.54) is 0 Å². The lowest BCUT2D eigenvalue weighted by Gasteiger charge is -2.16. The summed E-state index contributed by atoms with van der Waals surface area (Å²) in [7, 11) is 5.52. The molecule has 0 rings (SSSR count). The predicted molar refractivity (Wildman–Crippen MR) is 95.3 cm³/mol. The van der Waals surface area contributed by atoms with Gasteiger partial charge >= 0.3 is 0 Å². The van der Waals surface area contributed by atoms with Crippen LogP contribution in [0.3, 0.4) is 0 Å². The molecule has 2 N–H and O–H groups in total. The van der Waals surface area contributed by atoms with Crippen molar-refractivity contribution in [1.29, 1.82) is 0 Å². The lowest BCUT2D eigenvalue weighted by molar-refractivity contribution is 0.0702. The Morgan fingerprint density at radius 3 is 2.43 bits per heavy atom. The zero-order chi connectivity index (χ0) is 17.2. The lowest BCUT2D eigenvalue weighted by Crippen LogP contribution is -2.38. The molecule has 0 unspecified atom stereocenters. The number of methoxy groups -OCH3 is 2. The minimum atomic E-state index is 0.645. The number of hydrogen-bond acceptors (Lipinski definition) is 5. The molecule has 0 saturated heterocycles. The molecule has 7 nitrogen and oxygen atoms in total. The van der Waals surface area contributed by atoms with E-state index in [1.807, 2.05) is 0 Å². The number of ether oxygens (including phenoxy) is 3. The quantitative estimate of drug-likeness (QED) is 0.260. The molecule has 0 heterocycles. The Hall–Kier alpha value is -0.890. The molecule has 0 spiro atoms. The standard InChI is InChI=1S/C16H36N4O3/c1-5-17-16(19-9-7-12-23-15-14-22-4)18-8-6-10-20(2)11-13-21-3/h5-15H2,1-4H3,(H2,17,18,19). The summed E-state index contributed by atoms with van der Waals surface area (Å²) in [6, 6.07) is 0. The van der Waals surface area contributed by atoms with Gasteiger partial charge in [0.1, 0.15) is 0 Å². The molecule has 0 fully saturated rings. The van der Waals surface area contributed by atoms with Crippen LogP contribution < -0.4 is 10.6 Å². The second-order valence-electron chi connectivity index (χ2n) is 5.30. The highest BCUT2D eigenvalue weighted by molar-refractivity contribution is 5.79. The fourth-order valence-electron chi connectivity index (χ4n) is 1.86. The maximum absolute atomic E-state index is 5.42. The van der Waals surface area contributed by atoms with Gasteiger partial charge in [-0.1, -0.05) is 0 Å². The average molecular weight is 332 g/mol. The van der Waals surface area contributed by atoms with Crippen molar-refractivity contribution in [1.82, 2.24) is 15.5 Å². The fourth-order valence-corrected chi connectivity index (χ4v) is 1.86. The van der Waals surface area contributed by atoms with E-state index in [-0.39, 0.29) is 0 Å². The third-order valence-corrected chi connectivity index (χ3v) is 3.18. The first kappa shape index (κ1) is 22.1. The summed E-state index contributed by atoms with van der Waals surface area (Å²) >= 11 is 0. The molecule has 0 aliphatic carbocycles. The van der Waals surface area contributed by atoms with E-state index in [2.05, 4.69) is 34.5 Å². The Labute approximate surface area is 141 Å². The summed E-state index contributed by atoms with van der Waals surface area (Å²) in [6.45, 7) is 9.41. The molecule has 23 heavy (non-hydrogen) atoms.